The summed E-state index contributed by atoms with van der Waals surface area (Å²) in [6.45, 7) is 1.77. The highest BCUT2D eigenvalue weighted by Gasteiger charge is 2.21. The zero-order valence-corrected chi connectivity index (χ0v) is 13.7. The summed E-state index contributed by atoms with van der Waals surface area (Å²) in [7, 11) is -1.03. The van der Waals surface area contributed by atoms with E-state index in [1.807, 2.05) is 0 Å². The Morgan fingerprint density at radius 2 is 2.14 bits per heavy atom. The van der Waals surface area contributed by atoms with Gasteiger partial charge in [-0.3, -0.25) is 4.79 Å². The molecule has 0 heterocycles. The van der Waals surface area contributed by atoms with Gasteiger partial charge in [0.05, 0.1) is 13.5 Å². The van der Waals surface area contributed by atoms with E-state index in [4.69, 9.17) is 11.6 Å². The summed E-state index contributed by atoms with van der Waals surface area (Å²) in [5.74, 6) is -0.458. The fourth-order valence-electron chi connectivity index (χ4n) is 1.63. The highest BCUT2D eigenvalue weighted by atomic mass is 35.5. The molecule has 1 N–H and O–H groups in total. The van der Waals surface area contributed by atoms with E-state index in [9.17, 15) is 13.2 Å². The molecule has 1 aromatic rings. The summed E-state index contributed by atoms with van der Waals surface area (Å²) in [4.78, 5) is 11.0. The average molecular weight is 335 g/mol. The number of esters is 1. The number of benzene rings is 1. The number of carbonyl (C=O) groups excluding carboxylic acids is 1. The molecule has 0 amide bonds. The lowest BCUT2D eigenvalue weighted by Crippen LogP contribution is -2.40. The number of halogens is 1. The van der Waals surface area contributed by atoms with Gasteiger partial charge in [0.25, 0.3) is 10.2 Å². The van der Waals surface area contributed by atoms with Crippen LogP contribution < -0.4 is 4.72 Å². The molecule has 0 aliphatic carbocycles. The van der Waals surface area contributed by atoms with Crippen molar-refractivity contribution < 1.29 is 17.9 Å². The molecule has 8 heteroatoms. The maximum absolute atomic E-state index is 12.1. The maximum Gasteiger partial charge on any atom is 0.306 e. The van der Waals surface area contributed by atoms with E-state index in [1.165, 1.54) is 14.2 Å². The number of hydrogen-bond acceptors (Lipinski definition) is 4. The van der Waals surface area contributed by atoms with Gasteiger partial charge in [0, 0.05) is 24.7 Å². The summed E-state index contributed by atoms with van der Waals surface area (Å²) < 4.78 is 32.3. The van der Waals surface area contributed by atoms with Crippen molar-refractivity contribution in [3.05, 3.63) is 34.9 Å². The first-order valence-electron chi connectivity index (χ1n) is 6.32. The molecule has 6 nitrogen and oxygen atoms in total. The molecule has 0 radical (unpaired) electrons. The number of nitrogens with zero attached hydrogens (tertiary/aromatic N) is 1. The lowest BCUT2D eigenvalue weighted by atomic mass is 10.1. The minimum Gasteiger partial charge on any atom is -0.469 e. The molecule has 0 bridgehead atoms. The number of rotatable bonds is 7. The van der Waals surface area contributed by atoms with Crippen LogP contribution in [-0.4, -0.2) is 39.4 Å². The summed E-state index contributed by atoms with van der Waals surface area (Å²) in [6, 6.07) is 6.52. The van der Waals surface area contributed by atoms with Gasteiger partial charge in [0.15, 0.2) is 0 Å². The maximum atomic E-state index is 12.1. The van der Waals surface area contributed by atoms with Gasteiger partial charge in [-0.05, 0) is 24.6 Å². The summed E-state index contributed by atoms with van der Waals surface area (Å²) >= 11 is 5.88. The molecule has 21 heavy (non-hydrogen) atoms. The second-order valence-electron chi connectivity index (χ2n) is 4.55. The lowest BCUT2D eigenvalue weighted by molar-refractivity contribution is -0.140. The second kappa shape index (κ2) is 7.74. The van der Waals surface area contributed by atoms with Gasteiger partial charge < -0.3 is 4.74 Å². The van der Waals surface area contributed by atoms with Crippen LogP contribution in [0.15, 0.2) is 24.3 Å². The molecule has 118 valence electrons. The highest BCUT2D eigenvalue weighted by Crippen LogP contribution is 2.18. The Balaban J connectivity index is 2.68. The SMILES string of the molecule is COC(=O)CCN(C)S(=O)(=O)N[C@H](C)c1cccc(Cl)c1. The van der Waals surface area contributed by atoms with Crippen LogP contribution in [0.1, 0.15) is 24.9 Å². The van der Waals surface area contributed by atoms with Gasteiger partial charge in [0.1, 0.15) is 0 Å². The van der Waals surface area contributed by atoms with Crippen molar-refractivity contribution in [3.63, 3.8) is 0 Å². The van der Waals surface area contributed by atoms with Crippen LogP contribution in [0.2, 0.25) is 5.02 Å². The van der Waals surface area contributed by atoms with E-state index in [-0.39, 0.29) is 13.0 Å². The molecular weight excluding hydrogens is 316 g/mol. The molecular formula is C13H19ClN2O4S. The molecule has 0 spiro atoms. The number of ether oxygens (including phenoxy) is 1. The van der Waals surface area contributed by atoms with Crippen molar-refractivity contribution >= 4 is 27.8 Å². The normalized spacial score (nSPS) is 13.2. The number of methoxy groups -OCH3 is 1. The third kappa shape index (κ3) is 5.62. The molecule has 0 aliphatic heterocycles. The molecule has 0 fully saturated rings. The lowest BCUT2D eigenvalue weighted by Gasteiger charge is -2.21. The number of carbonyl (C=O) groups is 1. The van der Waals surface area contributed by atoms with Crippen molar-refractivity contribution in [2.45, 2.75) is 19.4 Å². The van der Waals surface area contributed by atoms with Gasteiger partial charge in [0.2, 0.25) is 0 Å². The fourth-order valence-corrected chi connectivity index (χ4v) is 2.92. The van der Waals surface area contributed by atoms with Crippen molar-refractivity contribution in [3.8, 4) is 0 Å². The van der Waals surface area contributed by atoms with Gasteiger partial charge >= 0.3 is 5.97 Å². The van der Waals surface area contributed by atoms with Crippen LogP contribution in [0.25, 0.3) is 0 Å². The number of hydrogen-bond donors (Lipinski definition) is 1. The van der Waals surface area contributed by atoms with Crippen LogP contribution in [0, 0.1) is 0 Å². The zero-order chi connectivity index (χ0) is 16.0. The van der Waals surface area contributed by atoms with Crippen LogP contribution >= 0.6 is 11.6 Å². The Labute approximate surface area is 130 Å². The quantitative estimate of drug-likeness (QED) is 0.770. The minimum absolute atomic E-state index is 0.000540. The standard InChI is InChI=1S/C13H19ClN2O4S/c1-10(11-5-4-6-12(14)9-11)15-21(18,19)16(2)8-7-13(17)20-3/h4-6,9-10,15H,7-8H2,1-3H3/t10-/m1/s1. The Morgan fingerprint density at radius 1 is 1.48 bits per heavy atom. The largest absolute Gasteiger partial charge is 0.469 e. The fraction of sp³-hybridized carbons (Fsp3) is 0.462. The first-order chi connectivity index (χ1) is 9.76. The molecule has 0 saturated carbocycles. The zero-order valence-electron chi connectivity index (χ0n) is 12.2. The third-order valence-corrected chi connectivity index (χ3v) is 4.83. The van der Waals surface area contributed by atoms with Crippen molar-refractivity contribution in [1.82, 2.24) is 9.03 Å². The van der Waals surface area contributed by atoms with Gasteiger partial charge in [-0.25, -0.2) is 0 Å². The van der Waals surface area contributed by atoms with E-state index in [0.29, 0.717) is 5.02 Å². The highest BCUT2D eigenvalue weighted by molar-refractivity contribution is 7.87. The first-order valence-corrected chi connectivity index (χ1v) is 8.14. The van der Waals surface area contributed by atoms with Crippen LogP contribution in [-0.2, 0) is 19.7 Å². The van der Waals surface area contributed by atoms with Crippen molar-refractivity contribution in [2.75, 3.05) is 20.7 Å². The molecule has 1 rings (SSSR count). The Morgan fingerprint density at radius 3 is 2.71 bits per heavy atom. The van der Waals surface area contributed by atoms with Gasteiger partial charge in [-0.15, -0.1) is 0 Å². The minimum atomic E-state index is -3.69. The van der Waals surface area contributed by atoms with Crippen molar-refractivity contribution in [1.29, 1.82) is 0 Å². The molecule has 1 atom stereocenters. The molecule has 0 saturated heterocycles. The molecule has 0 unspecified atom stereocenters. The van der Waals surface area contributed by atoms with E-state index in [2.05, 4.69) is 9.46 Å². The predicted molar refractivity (Wildman–Crippen MR) is 81.2 cm³/mol. The molecule has 1 aromatic carbocycles. The van der Waals surface area contributed by atoms with Crippen LogP contribution in [0.4, 0.5) is 0 Å². The van der Waals surface area contributed by atoms with Crippen LogP contribution in [0.5, 0.6) is 0 Å². The van der Waals surface area contributed by atoms with E-state index in [1.54, 1.807) is 31.2 Å². The van der Waals surface area contributed by atoms with Crippen LogP contribution in [0.3, 0.4) is 0 Å². The topological polar surface area (TPSA) is 75.7 Å². The van der Waals surface area contributed by atoms with E-state index >= 15 is 0 Å². The van der Waals surface area contributed by atoms with E-state index < -0.39 is 22.2 Å². The average Bonchev–Trinajstić information content (AvgIpc) is 2.43. The summed E-state index contributed by atoms with van der Waals surface area (Å²) in [6.07, 6.45) is -0.000540. The monoisotopic (exact) mass is 334 g/mol. The molecule has 0 aromatic heterocycles. The smallest absolute Gasteiger partial charge is 0.306 e. The number of nitrogens with one attached hydrogen (secondary N) is 1. The Hall–Kier alpha value is -1.15. The molecule has 0 aliphatic rings. The second-order valence-corrected chi connectivity index (χ2v) is 6.79. The van der Waals surface area contributed by atoms with Crippen molar-refractivity contribution in [2.24, 2.45) is 0 Å². The Kier molecular flexibility index (Phi) is 6.60. The van der Waals surface area contributed by atoms with Gasteiger partial charge in [-0.1, -0.05) is 23.7 Å². The summed E-state index contributed by atoms with van der Waals surface area (Å²) in [5, 5.41) is 0.539. The Bertz CT molecular complexity index is 592. The van der Waals surface area contributed by atoms with E-state index in [0.717, 1.165) is 9.87 Å². The first kappa shape index (κ1) is 17.9. The predicted octanol–water partition coefficient (Wildman–Crippen LogP) is 1.73. The van der Waals surface area contributed by atoms with Gasteiger partial charge in [-0.2, -0.15) is 17.4 Å². The third-order valence-electron chi connectivity index (χ3n) is 2.94. The summed E-state index contributed by atoms with van der Waals surface area (Å²) in [5.41, 5.74) is 0.757.